The van der Waals surface area contributed by atoms with Crippen LogP contribution in [-0.4, -0.2) is 40.6 Å². The number of ketones is 1. The van der Waals surface area contributed by atoms with E-state index in [-0.39, 0.29) is 35.8 Å². The lowest BCUT2D eigenvalue weighted by molar-refractivity contribution is -0.120. The van der Waals surface area contributed by atoms with Gasteiger partial charge in [-0.3, -0.25) is 19.9 Å². The Morgan fingerprint density at radius 1 is 1.32 bits per heavy atom. The van der Waals surface area contributed by atoms with E-state index in [4.69, 9.17) is 5.41 Å². The van der Waals surface area contributed by atoms with Gasteiger partial charge in [0.1, 0.15) is 5.82 Å². The molecule has 2 aromatic rings. The lowest BCUT2D eigenvalue weighted by atomic mass is 10.0. The number of nitrogens with zero attached hydrogens (tertiary/aromatic N) is 4. The summed E-state index contributed by atoms with van der Waals surface area (Å²) in [6.07, 6.45) is 9.33. The summed E-state index contributed by atoms with van der Waals surface area (Å²) >= 11 is 0. The number of nitrogens with one attached hydrogen (secondary N) is 1. The third-order valence-electron chi connectivity index (χ3n) is 5.46. The maximum Gasteiger partial charge on any atom is 0.234 e. The first-order valence-corrected chi connectivity index (χ1v) is 10.6. The van der Waals surface area contributed by atoms with Crippen molar-refractivity contribution in [2.45, 2.75) is 39.2 Å². The Morgan fingerprint density at radius 3 is 2.87 bits per heavy atom. The standard InChI is InChI=1S/C24H29N5O2/c1-18(11-12-19-7-4-3-5-8-19)17-26-23(25)21(30)10-6-9-20-14-16-29-22(13-15-27-29)28(2)24(20)31/h3-9,13,15,17-18,20,25H,10-12,14,16H2,1-2H3/b9-6+,25-23?,26-17+/t18-,20-/m0/s1. The molecule has 1 aromatic heterocycles. The molecular formula is C24H29N5O2. The molecule has 0 saturated heterocycles. The molecular weight excluding hydrogens is 390 g/mol. The molecule has 7 heteroatoms. The Labute approximate surface area is 183 Å². The fraction of sp³-hybridized carbons (Fsp3) is 0.375. The lowest BCUT2D eigenvalue weighted by Crippen LogP contribution is -2.31. The normalized spacial score (nSPS) is 17.7. The Kier molecular flexibility index (Phi) is 7.65. The van der Waals surface area contributed by atoms with Crippen LogP contribution in [0.1, 0.15) is 31.7 Å². The number of rotatable bonds is 8. The Hall–Kier alpha value is -3.35. The molecule has 0 bridgehead atoms. The number of hydrogen-bond donors (Lipinski definition) is 1. The molecule has 2 atom stereocenters. The zero-order valence-corrected chi connectivity index (χ0v) is 18.1. The van der Waals surface area contributed by atoms with Gasteiger partial charge in [0, 0.05) is 32.3 Å². The van der Waals surface area contributed by atoms with Crippen molar-refractivity contribution in [2.24, 2.45) is 16.8 Å². The first-order valence-electron chi connectivity index (χ1n) is 10.6. The molecule has 2 heterocycles. The predicted molar refractivity (Wildman–Crippen MR) is 123 cm³/mol. The van der Waals surface area contributed by atoms with Crippen molar-refractivity contribution in [3.8, 4) is 0 Å². The number of Topliss-reactive ketones (excluding diaryl/α,β-unsaturated/α-hetero) is 1. The second-order valence-electron chi connectivity index (χ2n) is 7.89. The molecule has 0 fully saturated rings. The van der Waals surface area contributed by atoms with E-state index in [0.29, 0.717) is 13.0 Å². The number of carbonyl (C=O) groups is 2. The van der Waals surface area contributed by atoms with E-state index in [1.54, 1.807) is 41.2 Å². The van der Waals surface area contributed by atoms with Crippen LogP contribution in [0, 0.1) is 17.2 Å². The lowest BCUT2D eigenvalue weighted by Gasteiger charge is -2.17. The third-order valence-corrected chi connectivity index (χ3v) is 5.46. The van der Waals surface area contributed by atoms with Gasteiger partial charge < -0.3 is 0 Å². The number of aliphatic imine (C=N–C) groups is 1. The van der Waals surface area contributed by atoms with Crippen molar-refractivity contribution in [3.05, 3.63) is 60.3 Å². The summed E-state index contributed by atoms with van der Waals surface area (Å²) in [6.45, 7) is 2.67. The molecule has 1 aliphatic rings. The third kappa shape index (κ3) is 6.07. The topological polar surface area (TPSA) is 91.4 Å². The number of amides is 1. The molecule has 3 rings (SSSR count). The molecule has 162 valence electrons. The van der Waals surface area contributed by atoms with Gasteiger partial charge in [-0.25, -0.2) is 9.67 Å². The van der Waals surface area contributed by atoms with Crippen LogP contribution >= 0.6 is 0 Å². The smallest absolute Gasteiger partial charge is 0.234 e. The monoisotopic (exact) mass is 419 g/mol. The molecule has 1 N–H and O–H groups in total. The largest absolute Gasteiger partial charge is 0.300 e. The van der Waals surface area contributed by atoms with Gasteiger partial charge in [0.2, 0.25) is 11.7 Å². The molecule has 0 unspecified atom stereocenters. The molecule has 0 saturated carbocycles. The van der Waals surface area contributed by atoms with E-state index in [9.17, 15) is 9.59 Å². The van der Waals surface area contributed by atoms with Crippen molar-refractivity contribution >= 4 is 29.6 Å². The molecule has 1 aromatic carbocycles. The van der Waals surface area contributed by atoms with E-state index >= 15 is 0 Å². The number of amidine groups is 1. The van der Waals surface area contributed by atoms with Gasteiger partial charge in [-0.1, -0.05) is 49.4 Å². The van der Waals surface area contributed by atoms with Crippen LogP contribution in [0.15, 0.2) is 59.7 Å². The molecule has 1 amide bonds. The van der Waals surface area contributed by atoms with Gasteiger partial charge in [-0.2, -0.15) is 5.10 Å². The Balaban J connectivity index is 1.45. The second-order valence-corrected chi connectivity index (χ2v) is 7.89. The number of benzene rings is 1. The predicted octanol–water partition coefficient (Wildman–Crippen LogP) is 3.70. The van der Waals surface area contributed by atoms with Crippen LogP contribution < -0.4 is 4.90 Å². The second kappa shape index (κ2) is 10.6. The quantitative estimate of drug-likeness (QED) is 0.402. The van der Waals surface area contributed by atoms with Gasteiger partial charge in [0.15, 0.2) is 5.84 Å². The molecule has 1 aliphatic heterocycles. The number of allylic oxidation sites excluding steroid dienone is 1. The van der Waals surface area contributed by atoms with E-state index < -0.39 is 0 Å². The maximum absolute atomic E-state index is 12.6. The Bertz CT molecular complexity index is 977. The summed E-state index contributed by atoms with van der Waals surface area (Å²) < 4.78 is 1.81. The highest BCUT2D eigenvalue weighted by Gasteiger charge is 2.26. The summed E-state index contributed by atoms with van der Waals surface area (Å²) in [5.41, 5.74) is 1.27. The minimum absolute atomic E-state index is 0.0247. The first kappa shape index (κ1) is 22.3. The number of fused-ring (bicyclic) bond motifs is 1. The number of aromatic nitrogens is 2. The van der Waals surface area contributed by atoms with Crippen molar-refractivity contribution in [3.63, 3.8) is 0 Å². The average Bonchev–Trinajstić information content (AvgIpc) is 3.22. The average molecular weight is 420 g/mol. The molecule has 0 spiro atoms. The van der Waals surface area contributed by atoms with Crippen LogP contribution in [0.25, 0.3) is 0 Å². The number of anilines is 1. The number of hydrogen-bond acceptors (Lipinski definition) is 4. The zero-order chi connectivity index (χ0) is 22.2. The molecule has 0 aliphatic carbocycles. The highest BCUT2D eigenvalue weighted by molar-refractivity contribution is 6.39. The van der Waals surface area contributed by atoms with Gasteiger partial charge in [-0.15, -0.1) is 0 Å². The van der Waals surface area contributed by atoms with Crippen molar-refractivity contribution in [2.75, 3.05) is 11.9 Å². The van der Waals surface area contributed by atoms with Crippen LogP contribution in [0.3, 0.4) is 0 Å². The number of carbonyl (C=O) groups excluding carboxylic acids is 2. The van der Waals surface area contributed by atoms with Gasteiger partial charge >= 0.3 is 0 Å². The van der Waals surface area contributed by atoms with Crippen molar-refractivity contribution in [1.82, 2.24) is 9.78 Å². The fourth-order valence-corrected chi connectivity index (χ4v) is 3.53. The Morgan fingerprint density at radius 2 is 2.10 bits per heavy atom. The summed E-state index contributed by atoms with van der Waals surface area (Å²) in [4.78, 5) is 30.5. The minimum atomic E-state index is -0.356. The van der Waals surface area contributed by atoms with E-state index in [0.717, 1.165) is 18.7 Å². The highest BCUT2D eigenvalue weighted by atomic mass is 16.2. The zero-order valence-electron chi connectivity index (χ0n) is 18.1. The van der Waals surface area contributed by atoms with E-state index in [1.807, 2.05) is 31.2 Å². The van der Waals surface area contributed by atoms with Crippen molar-refractivity contribution in [1.29, 1.82) is 5.41 Å². The molecule has 7 nitrogen and oxygen atoms in total. The number of aryl methyl sites for hydroxylation is 2. The van der Waals surface area contributed by atoms with Gasteiger partial charge in [0.05, 0.1) is 12.1 Å². The van der Waals surface area contributed by atoms with Crippen LogP contribution in [0.4, 0.5) is 5.82 Å². The van der Waals surface area contributed by atoms with E-state index in [2.05, 4.69) is 22.2 Å². The molecule has 31 heavy (non-hydrogen) atoms. The van der Waals surface area contributed by atoms with Crippen LogP contribution in [0.5, 0.6) is 0 Å². The fourth-order valence-electron chi connectivity index (χ4n) is 3.53. The first-order chi connectivity index (χ1) is 15.0. The maximum atomic E-state index is 12.6. The van der Waals surface area contributed by atoms with Gasteiger partial charge in [0.25, 0.3) is 0 Å². The van der Waals surface area contributed by atoms with Crippen LogP contribution in [-0.2, 0) is 22.6 Å². The molecule has 0 radical (unpaired) electrons. The summed E-state index contributed by atoms with van der Waals surface area (Å²) in [7, 11) is 1.73. The van der Waals surface area contributed by atoms with Crippen LogP contribution in [0.2, 0.25) is 0 Å². The summed E-state index contributed by atoms with van der Waals surface area (Å²) in [6, 6.07) is 12.0. The van der Waals surface area contributed by atoms with Gasteiger partial charge in [-0.05, 0) is 30.7 Å². The highest BCUT2D eigenvalue weighted by Crippen LogP contribution is 2.23. The minimum Gasteiger partial charge on any atom is -0.300 e. The summed E-state index contributed by atoms with van der Waals surface area (Å²) in [5.74, 6) is 0.00758. The summed E-state index contributed by atoms with van der Waals surface area (Å²) in [5, 5.41) is 12.1. The van der Waals surface area contributed by atoms with Crippen molar-refractivity contribution < 1.29 is 9.59 Å². The SMILES string of the molecule is C[C@H](/C=N/C(=N)C(=O)C/C=C/[C@H]1CCn2nccc2N(C)C1=O)CCc1ccccc1. The van der Waals surface area contributed by atoms with E-state index in [1.165, 1.54) is 5.56 Å².